The number of hydrogen-bond donors (Lipinski definition) is 2. The average molecular weight is 273 g/mol. The van der Waals surface area contributed by atoms with Crippen LogP contribution in [0.25, 0.3) is 33.2 Å². The molecule has 102 valence electrons. The quantitative estimate of drug-likeness (QED) is 0.583. The minimum atomic E-state index is 0.540. The number of nitrogens with zero attached hydrogens (tertiary/aromatic N) is 1. The molecule has 1 aromatic heterocycles. The number of nitrogens with one attached hydrogen (secondary N) is 1. The highest BCUT2D eigenvalue weighted by molar-refractivity contribution is 5.96. The molecule has 3 heteroatoms. The largest absolute Gasteiger partial charge is 0.338 e. The van der Waals surface area contributed by atoms with Crippen molar-refractivity contribution in [2.45, 2.75) is 6.54 Å². The monoisotopic (exact) mass is 273 g/mol. The molecule has 0 aliphatic rings. The first-order valence-electron chi connectivity index (χ1n) is 7.02. The molecule has 0 aliphatic carbocycles. The molecule has 0 radical (unpaired) electrons. The van der Waals surface area contributed by atoms with Crippen LogP contribution in [0.4, 0.5) is 0 Å². The van der Waals surface area contributed by atoms with E-state index in [0.717, 1.165) is 28.0 Å². The lowest BCUT2D eigenvalue weighted by molar-refractivity contribution is 1.07. The minimum Gasteiger partial charge on any atom is -0.338 e. The van der Waals surface area contributed by atoms with Crippen LogP contribution in [0.2, 0.25) is 0 Å². The number of benzene rings is 3. The second kappa shape index (κ2) is 4.72. The molecular weight excluding hydrogens is 258 g/mol. The Hall–Kier alpha value is -2.65. The van der Waals surface area contributed by atoms with Gasteiger partial charge < -0.3 is 10.7 Å². The molecule has 21 heavy (non-hydrogen) atoms. The molecule has 3 aromatic carbocycles. The number of H-pyrrole nitrogens is 1. The second-order valence-corrected chi connectivity index (χ2v) is 5.17. The second-order valence-electron chi connectivity index (χ2n) is 5.17. The SMILES string of the molecule is NCc1ccc2nc(-c3cccc4ccccc34)[nH]c2c1. The van der Waals surface area contributed by atoms with Gasteiger partial charge in [-0.05, 0) is 28.5 Å². The summed E-state index contributed by atoms with van der Waals surface area (Å²) in [6.07, 6.45) is 0. The van der Waals surface area contributed by atoms with E-state index in [4.69, 9.17) is 10.7 Å². The van der Waals surface area contributed by atoms with Crippen molar-refractivity contribution >= 4 is 21.8 Å². The van der Waals surface area contributed by atoms with E-state index in [9.17, 15) is 0 Å². The van der Waals surface area contributed by atoms with Gasteiger partial charge in [0.25, 0.3) is 0 Å². The Bertz CT molecular complexity index is 932. The fourth-order valence-corrected chi connectivity index (χ4v) is 2.74. The van der Waals surface area contributed by atoms with Gasteiger partial charge in [0.1, 0.15) is 5.82 Å². The minimum absolute atomic E-state index is 0.540. The molecule has 4 aromatic rings. The zero-order valence-electron chi connectivity index (χ0n) is 11.5. The van der Waals surface area contributed by atoms with E-state index in [2.05, 4.69) is 53.5 Å². The number of fused-ring (bicyclic) bond motifs is 2. The van der Waals surface area contributed by atoms with Crippen molar-refractivity contribution in [3.8, 4) is 11.4 Å². The molecule has 0 spiro atoms. The first kappa shape index (κ1) is 12.1. The van der Waals surface area contributed by atoms with Gasteiger partial charge in [0, 0.05) is 12.1 Å². The highest BCUT2D eigenvalue weighted by Gasteiger charge is 2.08. The normalized spacial score (nSPS) is 11.3. The van der Waals surface area contributed by atoms with Crippen molar-refractivity contribution < 1.29 is 0 Å². The Labute approximate surface area is 122 Å². The number of imidazole rings is 1. The zero-order chi connectivity index (χ0) is 14.2. The van der Waals surface area contributed by atoms with Gasteiger partial charge in [0.2, 0.25) is 0 Å². The van der Waals surface area contributed by atoms with Crippen LogP contribution >= 0.6 is 0 Å². The van der Waals surface area contributed by atoms with Crippen LogP contribution in [0.3, 0.4) is 0 Å². The van der Waals surface area contributed by atoms with E-state index in [1.54, 1.807) is 0 Å². The van der Waals surface area contributed by atoms with Gasteiger partial charge in [0.05, 0.1) is 11.0 Å². The Morgan fingerprint density at radius 3 is 2.71 bits per heavy atom. The fourth-order valence-electron chi connectivity index (χ4n) is 2.74. The zero-order valence-corrected chi connectivity index (χ0v) is 11.5. The van der Waals surface area contributed by atoms with Crippen molar-refractivity contribution in [1.82, 2.24) is 9.97 Å². The van der Waals surface area contributed by atoms with E-state index >= 15 is 0 Å². The molecule has 4 rings (SSSR count). The van der Waals surface area contributed by atoms with Crippen molar-refractivity contribution in [2.24, 2.45) is 5.73 Å². The molecule has 3 N–H and O–H groups in total. The molecule has 0 saturated carbocycles. The molecule has 1 heterocycles. The summed E-state index contributed by atoms with van der Waals surface area (Å²) in [4.78, 5) is 8.12. The standard InChI is InChI=1S/C18H15N3/c19-11-12-8-9-16-17(10-12)21-18(20-16)15-7-3-5-13-4-1-2-6-14(13)15/h1-10H,11,19H2,(H,20,21). The first-order valence-corrected chi connectivity index (χ1v) is 7.02. The van der Waals surface area contributed by atoms with Crippen LogP contribution in [-0.2, 0) is 6.54 Å². The molecule has 0 fully saturated rings. The van der Waals surface area contributed by atoms with Gasteiger partial charge in [-0.1, -0.05) is 48.5 Å². The van der Waals surface area contributed by atoms with Crippen LogP contribution in [-0.4, -0.2) is 9.97 Å². The lowest BCUT2D eigenvalue weighted by atomic mass is 10.0. The summed E-state index contributed by atoms with van der Waals surface area (Å²) < 4.78 is 0. The Balaban J connectivity index is 1.96. The van der Waals surface area contributed by atoms with Crippen LogP contribution in [0.15, 0.2) is 60.7 Å². The van der Waals surface area contributed by atoms with E-state index < -0.39 is 0 Å². The van der Waals surface area contributed by atoms with E-state index in [-0.39, 0.29) is 0 Å². The molecule has 0 amide bonds. The smallest absolute Gasteiger partial charge is 0.139 e. The van der Waals surface area contributed by atoms with Crippen LogP contribution < -0.4 is 5.73 Å². The van der Waals surface area contributed by atoms with Gasteiger partial charge in [-0.2, -0.15) is 0 Å². The summed E-state index contributed by atoms with van der Waals surface area (Å²) in [6.45, 7) is 0.540. The first-order chi connectivity index (χ1) is 10.3. The highest BCUT2D eigenvalue weighted by atomic mass is 14.9. The molecule has 0 saturated heterocycles. The third kappa shape index (κ3) is 1.99. The average Bonchev–Trinajstić information content (AvgIpc) is 2.97. The molecular formula is C18H15N3. The van der Waals surface area contributed by atoms with Gasteiger partial charge in [-0.3, -0.25) is 0 Å². The van der Waals surface area contributed by atoms with Gasteiger partial charge in [0.15, 0.2) is 0 Å². The topological polar surface area (TPSA) is 54.7 Å². The van der Waals surface area contributed by atoms with Crippen LogP contribution in [0.5, 0.6) is 0 Å². The third-order valence-electron chi connectivity index (χ3n) is 3.83. The summed E-state index contributed by atoms with van der Waals surface area (Å²) in [7, 11) is 0. The summed E-state index contributed by atoms with van der Waals surface area (Å²) in [6, 6.07) is 20.8. The molecule has 3 nitrogen and oxygen atoms in total. The number of aromatic amines is 1. The van der Waals surface area contributed by atoms with E-state index in [1.807, 2.05) is 12.1 Å². The summed E-state index contributed by atoms with van der Waals surface area (Å²) in [5.41, 5.74) is 9.93. The van der Waals surface area contributed by atoms with Gasteiger partial charge in [-0.15, -0.1) is 0 Å². The molecule has 0 bridgehead atoms. The van der Waals surface area contributed by atoms with Crippen molar-refractivity contribution in [3.63, 3.8) is 0 Å². The maximum atomic E-state index is 5.70. The molecule has 0 aliphatic heterocycles. The Kier molecular flexibility index (Phi) is 2.72. The number of nitrogens with two attached hydrogens (primary N) is 1. The maximum absolute atomic E-state index is 5.70. The van der Waals surface area contributed by atoms with E-state index in [1.165, 1.54) is 10.8 Å². The predicted octanol–water partition coefficient (Wildman–Crippen LogP) is 3.84. The molecule has 0 atom stereocenters. The van der Waals surface area contributed by atoms with E-state index in [0.29, 0.717) is 6.54 Å². The highest BCUT2D eigenvalue weighted by Crippen LogP contribution is 2.28. The summed E-state index contributed by atoms with van der Waals surface area (Å²) in [5.74, 6) is 0.899. The Morgan fingerprint density at radius 2 is 1.81 bits per heavy atom. The number of hydrogen-bond acceptors (Lipinski definition) is 2. The fraction of sp³-hybridized carbons (Fsp3) is 0.0556. The summed E-state index contributed by atoms with van der Waals surface area (Å²) in [5, 5.41) is 2.43. The summed E-state index contributed by atoms with van der Waals surface area (Å²) >= 11 is 0. The lowest BCUT2D eigenvalue weighted by Crippen LogP contribution is -1.95. The number of rotatable bonds is 2. The Morgan fingerprint density at radius 1 is 0.952 bits per heavy atom. The third-order valence-corrected chi connectivity index (χ3v) is 3.83. The lowest BCUT2D eigenvalue weighted by Gasteiger charge is -2.03. The number of aromatic nitrogens is 2. The maximum Gasteiger partial charge on any atom is 0.139 e. The molecule has 0 unspecified atom stereocenters. The van der Waals surface area contributed by atoms with Crippen LogP contribution in [0.1, 0.15) is 5.56 Å². The van der Waals surface area contributed by atoms with Crippen molar-refractivity contribution in [1.29, 1.82) is 0 Å². The van der Waals surface area contributed by atoms with Crippen LogP contribution in [0, 0.1) is 0 Å². The predicted molar refractivity (Wildman–Crippen MR) is 86.9 cm³/mol. The van der Waals surface area contributed by atoms with Gasteiger partial charge in [-0.25, -0.2) is 4.98 Å². The van der Waals surface area contributed by atoms with Crippen molar-refractivity contribution in [3.05, 3.63) is 66.2 Å². The van der Waals surface area contributed by atoms with Crippen molar-refractivity contribution in [2.75, 3.05) is 0 Å². The van der Waals surface area contributed by atoms with Gasteiger partial charge >= 0.3 is 0 Å².